The average Bonchev–Trinajstić information content (AvgIpc) is 3.11. The van der Waals surface area contributed by atoms with Crippen LogP contribution in [0.5, 0.6) is 0 Å². The molecule has 0 bridgehead atoms. The SMILES string of the molecule is C[C@@H](NC(=O)c1ccccc1S(C)(=O)=O)C1CC1. The molecular formula is C13H17NO3S. The van der Waals surface area contributed by atoms with Gasteiger partial charge >= 0.3 is 0 Å². The zero-order valence-corrected chi connectivity index (χ0v) is 11.3. The van der Waals surface area contributed by atoms with E-state index in [4.69, 9.17) is 0 Å². The van der Waals surface area contributed by atoms with E-state index in [1.54, 1.807) is 18.2 Å². The molecule has 1 fully saturated rings. The van der Waals surface area contributed by atoms with Crippen molar-refractivity contribution >= 4 is 15.7 Å². The lowest BCUT2D eigenvalue weighted by Gasteiger charge is -2.14. The molecule has 98 valence electrons. The van der Waals surface area contributed by atoms with Crippen LogP contribution in [0.4, 0.5) is 0 Å². The Balaban J connectivity index is 2.24. The second kappa shape index (κ2) is 4.72. The molecule has 1 saturated carbocycles. The molecule has 0 saturated heterocycles. The molecule has 1 aromatic carbocycles. The Hall–Kier alpha value is -1.36. The maximum atomic E-state index is 12.1. The van der Waals surface area contributed by atoms with Crippen molar-refractivity contribution < 1.29 is 13.2 Å². The molecule has 1 aromatic rings. The van der Waals surface area contributed by atoms with E-state index in [-0.39, 0.29) is 22.4 Å². The minimum Gasteiger partial charge on any atom is -0.349 e. The van der Waals surface area contributed by atoms with Gasteiger partial charge in [-0.2, -0.15) is 0 Å². The van der Waals surface area contributed by atoms with E-state index in [1.807, 2.05) is 6.92 Å². The van der Waals surface area contributed by atoms with Crippen LogP contribution in [0, 0.1) is 5.92 Å². The molecule has 0 unspecified atom stereocenters. The molecule has 1 amide bonds. The van der Waals surface area contributed by atoms with Crippen LogP contribution in [0.2, 0.25) is 0 Å². The molecule has 0 spiro atoms. The molecule has 5 heteroatoms. The highest BCUT2D eigenvalue weighted by atomic mass is 32.2. The summed E-state index contributed by atoms with van der Waals surface area (Å²) < 4.78 is 23.2. The highest BCUT2D eigenvalue weighted by molar-refractivity contribution is 7.90. The van der Waals surface area contributed by atoms with Gasteiger partial charge in [-0.1, -0.05) is 12.1 Å². The average molecular weight is 267 g/mol. The third-order valence-electron chi connectivity index (χ3n) is 3.22. The molecule has 0 aromatic heterocycles. The Morgan fingerprint density at radius 3 is 2.50 bits per heavy atom. The first kappa shape index (κ1) is 13.1. The topological polar surface area (TPSA) is 63.2 Å². The Labute approximate surface area is 107 Å². The fraction of sp³-hybridized carbons (Fsp3) is 0.462. The fourth-order valence-corrected chi connectivity index (χ4v) is 2.86. The largest absolute Gasteiger partial charge is 0.349 e. The zero-order valence-electron chi connectivity index (χ0n) is 10.5. The van der Waals surface area contributed by atoms with Gasteiger partial charge in [0.15, 0.2) is 9.84 Å². The van der Waals surface area contributed by atoms with Crippen molar-refractivity contribution in [3.05, 3.63) is 29.8 Å². The summed E-state index contributed by atoms with van der Waals surface area (Å²) in [5.41, 5.74) is 0.229. The molecule has 1 aliphatic rings. The van der Waals surface area contributed by atoms with Gasteiger partial charge in [-0.25, -0.2) is 8.42 Å². The Morgan fingerprint density at radius 2 is 1.94 bits per heavy atom. The number of sulfone groups is 1. The number of benzene rings is 1. The zero-order chi connectivity index (χ0) is 13.3. The van der Waals surface area contributed by atoms with Crippen LogP contribution >= 0.6 is 0 Å². The summed E-state index contributed by atoms with van der Waals surface area (Å²) in [6.45, 7) is 1.96. The summed E-state index contributed by atoms with van der Waals surface area (Å²) in [7, 11) is -3.38. The molecule has 0 aliphatic heterocycles. The summed E-state index contributed by atoms with van der Waals surface area (Å²) in [5, 5.41) is 2.87. The number of nitrogens with one attached hydrogen (secondary N) is 1. The van der Waals surface area contributed by atoms with Crippen molar-refractivity contribution in [3.63, 3.8) is 0 Å². The van der Waals surface area contributed by atoms with E-state index in [0.29, 0.717) is 5.92 Å². The normalized spacial score (nSPS) is 17.2. The van der Waals surface area contributed by atoms with Gasteiger partial charge in [-0.15, -0.1) is 0 Å². The van der Waals surface area contributed by atoms with Gasteiger partial charge in [0.25, 0.3) is 5.91 Å². The van der Waals surface area contributed by atoms with Crippen LogP contribution in [0.3, 0.4) is 0 Å². The maximum Gasteiger partial charge on any atom is 0.252 e. The number of hydrogen-bond acceptors (Lipinski definition) is 3. The molecular weight excluding hydrogens is 250 g/mol. The van der Waals surface area contributed by atoms with E-state index >= 15 is 0 Å². The molecule has 1 N–H and O–H groups in total. The summed E-state index contributed by atoms with van der Waals surface area (Å²) in [6.07, 6.45) is 3.38. The summed E-state index contributed by atoms with van der Waals surface area (Å²) in [4.78, 5) is 12.2. The first-order valence-electron chi connectivity index (χ1n) is 5.99. The van der Waals surface area contributed by atoms with Crippen molar-refractivity contribution in [2.75, 3.05) is 6.26 Å². The molecule has 1 atom stereocenters. The quantitative estimate of drug-likeness (QED) is 0.901. The lowest BCUT2D eigenvalue weighted by atomic mass is 10.1. The minimum absolute atomic E-state index is 0.0884. The monoisotopic (exact) mass is 267 g/mol. The summed E-state index contributed by atoms with van der Waals surface area (Å²) in [6, 6.07) is 6.41. The molecule has 2 rings (SSSR count). The van der Waals surface area contributed by atoms with E-state index in [2.05, 4.69) is 5.32 Å². The summed E-state index contributed by atoms with van der Waals surface area (Å²) in [5.74, 6) is 0.231. The lowest BCUT2D eigenvalue weighted by molar-refractivity contribution is 0.0932. The minimum atomic E-state index is -3.38. The maximum absolute atomic E-state index is 12.1. The predicted molar refractivity (Wildman–Crippen MR) is 69.2 cm³/mol. The van der Waals surface area contributed by atoms with Crippen LogP contribution in [-0.2, 0) is 9.84 Å². The Kier molecular flexibility index (Phi) is 3.43. The van der Waals surface area contributed by atoms with Gasteiger partial charge in [0, 0.05) is 12.3 Å². The molecule has 4 nitrogen and oxygen atoms in total. The van der Waals surface area contributed by atoms with Crippen LogP contribution in [0.1, 0.15) is 30.1 Å². The predicted octanol–water partition coefficient (Wildman–Crippen LogP) is 1.62. The third-order valence-corrected chi connectivity index (χ3v) is 4.37. The van der Waals surface area contributed by atoms with Gasteiger partial charge in [0.1, 0.15) is 0 Å². The van der Waals surface area contributed by atoms with Crippen molar-refractivity contribution in [2.24, 2.45) is 5.92 Å². The second-order valence-electron chi connectivity index (χ2n) is 4.87. The van der Waals surface area contributed by atoms with Crippen LogP contribution < -0.4 is 5.32 Å². The first-order valence-corrected chi connectivity index (χ1v) is 7.88. The van der Waals surface area contributed by atoms with Gasteiger partial charge < -0.3 is 5.32 Å². The number of carbonyl (C=O) groups excluding carboxylic acids is 1. The fourth-order valence-electron chi connectivity index (χ4n) is 1.98. The van der Waals surface area contributed by atoms with E-state index < -0.39 is 9.84 Å². The third kappa shape index (κ3) is 2.90. The molecule has 0 heterocycles. The van der Waals surface area contributed by atoms with E-state index in [0.717, 1.165) is 19.1 Å². The van der Waals surface area contributed by atoms with Crippen LogP contribution in [-0.4, -0.2) is 26.6 Å². The highest BCUT2D eigenvalue weighted by Crippen LogP contribution is 2.32. The molecule has 0 radical (unpaired) electrons. The molecule has 1 aliphatic carbocycles. The summed E-state index contributed by atoms with van der Waals surface area (Å²) >= 11 is 0. The smallest absolute Gasteiger partial charge is 0.252 e. The van der Waals surface area contributed by atoms with Gasteiger partial charge in [0.05, 0.1) is 10.5 Å². The number of carbonyl (C=O) groups is 1. The van der Waals surface area contributed by atoms with Crippen LogP contribution in [0.15, 0.2) is 29.2 Å². The number of hydrogen-bond donors (Lipinski definition) is 1. The van der Waals surface area contributed by atoms with Gasteiger partial charge in [-0.05, 0) is 37.8 Å². The standard InChI is InChI=1S/C13H17NO3S/c1-9(10-7-8-10)14-13(15)11-5-3-4-6-12(11)18(2,16)17/h3-6,9-10H,7-8H2,1-2H3,(H,14,15)/t9-/m1/s1. The number of amides is 1. The highest BCUT2D eigenvalue weighted by Gasteiger charge is 2.29. The number of rotatable bonds is 4. The Morgan fingerprint density at radius 1 is 1.33 bits per heavy atom. The van der Waals surface area contributed by atoms with Gasteiger partial charge in [0.2, 0.25) is 0 Å². The second-order valence-corrected chi connectivity index (χ2v) is 6.85. The van der Waals surface area contributed by atoms with Crippen molar-refractivity contribution in [2.45, 2.75) is 30.7 Å². The first-order chi connectivity index (χ1) is 8.39. The van der Waals surface area contributed by atoms with Crippen molar-refractivity contribution in [1.29, 1.82) is 0 Å². The Bertz CT molecular complexity index is 561. The van der Waals surface area contributed by atoms with Crippen LogP contribution in [0.25, 0.3) is 0 Å². The van der Waals surface area contributed by atoms with Crippen molar-refractivity contribution in [1.82, 2.24) is 5.32 Å². The van der Waals surface area contributed by atoms with Crippen molar-refractivity contribution in [3.8, 4) is 0 Å². The van der Waals surface area contributed by atoms with Gasteiger partial charge in [-0.3, -0.25) is 4.79 Å². The van der Waals surface area contributed by atoms with E-state index in [1.165, 1.54) is 6.07 Å². The lowest BCUT2D eigenvalue weighted by Crippen LogP contribution is -2.34. The van der Waals surface area contributed by atoms with E-state index in [9.17, 15) is 13.2 Å². The molecule has 18 heavy (non-hydrogen) atoms.